The van der Waals surface area contributed by atoms with E-state index in [0.29, 0.717) is 24.5 Å². The van der Waals surface area contributed by atoms with Gasteiger partial charge in [-0.15, -0.1) is 0 Å². The van der Waals surface area contributed by atoms with Gasteiger partial charge in [0.1, 0.15) is 12.0 Å². The van der Waals surface area contributed by atoms with Gasteiger partial charge in [-0.2, -0.15) is 0 Å². The number of guanidine groups is 1. The van der Waals surface area contributed by atoms with E-state index >= 15 is 0 Å². The van der Waals surface area contributed by atoms with Crippen molar-refractivity contribution >= 4 is 5.96 Å². The number of hydrogen-bond donors (Lipinski definition) is 2. The monoisotopic (exact) mass is 293 g/mol. The minimum atomic E-state index is 0.433. The molecule has 6 nitrogen and oxygen atoms in total. The molecule has 2 heterocycles. The molecular weight excluding hydrogens is 266 g/mol. The Labute approximate surface area is 127 Å². The second kappa shape index (κ2) is 7.45. The fourth-order valence-electron chi connectivity index (χ4n) is 2.59. The number of nitrogens with one attached hydrogen (secondary N) is 2. The van der Waals surface area contributed by atoms with Crippen molar-refractivity contribution in [2.24, 2.45) is 10.9 Å². The third-order valence-electron chi connectivity index (χ3n) is 3.93. The molecule has 0 amide bonds. The molecule has 1 aliphatic heterocycles. The molecule has 2 atom stereocenters. The highest BCUT2D eigenvalue weighted by molar-refractivity contribution is 5.80. The van der Waals surface area contributed by atoms with Gasteiger partial charge in [0.2, 0.25) is 0 Å². The van der Waals surface area contributed by atoms with Gasteiger partial charge in [-0.05, 0) is 26.7 Å². The minimum Gasteiger partial charge on any atom is -0.364 e. The summed E-state index contributed by atoms with van der Waals surface area (Å²) >= 11 is 0. The normalized spacial score (nSPS) is 23.8. The first-order valence-electron chi connectivity index (χ1n) is 7.78. The van der Waals surface area contributed by atoms with Gasteiger partial charge in [-0.25, -0.2) is 4.99 Å². The zero-order valence-corrected chi connectivity index (χ0v) is 13.5. The van der Waals surface area contributed by atoms with Crippen LogP contribution in [0.1, 0.15) is 33.4 Å². The third-order valence-corrected chi connectivity index (χ3v) is 3.93. The lowest BCUT2D eigenvalue weighted by molar-refractivity contribution is 0.265. The van der Waals surface area contributed by atoms with Crippen molar-refractivity contribution in [2.45, 2.75) is 46.3 Å². The van der Waals surface area contributed by atoms with Crippen molar-refractivity contribution in [1.82, 2.24) is 20.7 Å². The van der Waals surface area contributed by atoms with Crippen LogP contribution in [-0.4, -0.2) is 47.7 Å². The maximum Gasteiger partial charge on any atom is 0.191 e. The lowest BCUT2D eigenvalue weighted by Gasteiger charge is -2.21. The van der Waals surface area contributed by atoms with E-state index in [0.717, 1.165) is 31.3 Å². The van der Waals surface area contributed by atoms with Gasteiger partial charge < -0.3 is 15.2 Å². The molecule has 21 heavy (non-hydrogen) atoms. The van der Waals surface area contributed by atoms with E-state index in [1.807, 2.05) is 6.07 Å². The summed E-state index contributed by atoms with van der Waals surface area (Å²) in [4.78, 5) is 7.08. The van der Waals surface area contributed by atoms with Gasteiger partial charge in [0.05, 0.1) is 6.54 Å². The molecule has 0 saturated carbocycles. The van der Waals surface area contributed by atoms with Gasteiger partial charge >= 0.3 is 0 Å². The Morgan fingerprint density at radius 1 is 1.52 bits per heavy atom. The fraction of sp³-hybridized carbons (Fsp3) is 0.733. The van der Waals surface area contributed by atoms with Crippen LogP contribution in [0.3, 0.4) is 0 Å². The summed E-state index contributed by atoms with van der Waals surface area (Å²) in [7, 11) is 0. The van der Waals surface area contributed by atoms with Gasteiger partial charge in [0.15, 0.2) is 5.96 Å². The summed E-state index contributed by atoms with van der Waals surface area (Å²) < 4.78 is 4.83. The van der Waals surface area contributed by atoms with E-state index in [1.54, 1.807) is 6.26 Å². The predicted octanol–water partition coefficient (Wildman–Crippen LogP) is 1.46. The Bertz CT molecular complexity index is 443. The number of aromatic nitrogens is 1. The van der Waals surface area contributed by atoms with Crippen molar-refractivity contribution in [1.29, 1.82) is 0 Å². The summed E-state index contributed by atoms with van der Waals surface area (Å²) in [6.45, 7) is 12.4. The molecule has 0 aliphatic carbocycles. The second-order valence-electron chi connectivity index (χ2n) is 5.96. The van der Waals surface area contributed by atoms with Crippen LogP contribution >= 0.6 is 0 Å². The Kier molecular flexibility index (Phi) is 5.61. The quantitative estimate of drug-likeness (QED) is 0.635. The highest BCUT2D eigenvalue weighted by Crippen LogP contribution is 2.18. The number of nitrogens with zero attached hydrogens (tertiary/aromatic N) is 3. The highest BCUT2D eigenvalue weighted by Gasteiger charge is 2.31. The zero-order valence-electron chi connectivity index (χ0n) is 13.5. The molecule has 6 heteroatoms. The molecule has 2 rings (SSSR count). The molecule has 2 unspecified atom stereocenters. The van der Waals surface area contributed by atoms with Gasteiger partial charge in [0.25, 0.3) is 0 Å². The first-order chi connectivity index (χ1) is 10.1. The smallest absolute Gasteiger partial charge is 0.191 e. The van der Waals surface area contributed by atoms with Crippen molar-refractivity contribution in [3.05, 3.63) is 18.0 Å². The summed E-state index contributed by atoms with van der Waals surface area (Å²) in [5, 5.41) is 10.7. The van der Waals surface area contributed by atoms with E-state index in [4.69, 9.17) is 4.52 Å². The molecule has 0 bridgehead atoms. The molecule has 1 aromatic heterocycles. The summed E-state index contributed by atoms with van der Waals surface area (Å²) in [5.74, 6) is 1.46. The first kappa shape index (κ1) is 15.8. The minimum absolute atomic E-state index is 0.433. The zero-order chi connectivity index (χ0) is 15.2. The fourth-order valence-corrected chi connectivity index (χ4v) is 2.59. The molecular formula is C15H27N5O. The topological polar surface area (TPSA) is 65.7 Å². The molecule has 1 aromatic rings. The Balaban J connectivity index is 1.94. The molecule has 118 valence electrons. The SMILES string of the molecule is CCNC(=NCc1ccon1)NC1CN(C(C)C)CC1C. The highest BCUT2D eigenvalue weighted by atomic mass is 16.5. The standard InChI is InChI=1S/C15H27N5O/c1-5-16-15(17-8-13-6-7-21-19-13)18-14-10-20(11(2)3)9-12(14)4/h6-7,11-12,14H,5,8-10H2,1-4H3,(H2,16,17,18). The van der Waals surface area contributed by atoms with E-state index < -0.39 is 0 Å². The van der Waals surface area contributed by atoms with Crippen molar-refractivity contribution in [2.75, 3.05) is 19.6 Å². The van der Waals surface area contributed by atoms with Crippen LogP contribution in [0, 0.1) is 5.92 Å². The summed E-state index contributed by atoms with van der Waals surface area (Å²) in [5.41, 5.74) is 0.843. The van der Waals surface area contributed by atoms with Crippen LogP contribution < -0.4 is 10.6 Å². The van der Waals surface area contributed by atoms with Crippen LogP contribution in [0.25, 0.3) is 0 Å². The molecule has 0 radical (unpaired) electrons. The summed E-state index contributed by atoms with van der Waals surface area (Å²) in [6.07, 6.45) is 1.57. The second-order valence-corrected chi connectivity index (χ2v) is 5.96. The Morgan fingerprint density at radius 3 is 2.90 bits per heavy atom. The first-order valence-corrected chi connectivity index (χ1v) is 7.78. The van der Waals surface area contributed by atoms with Crippen molar-refractivity contribution < 1.29 is 4.52 Å². The molecule has 1 aliphatic rings. The molecule has 1 fully saturated rings. The van der Waals surface area contributed by atoms with Crippen LogP contribution in [-0.2, 0) is 6.54 Å². The molecule has 0 aromatic carbocycles. The Hall–Kier alpha value is -1.56. The maximum absolute atomic E-state index is 4.83. The van der Waals surface area contributed by atoms with Crippen LogP contribution in [0.4, 0.5) is 0 Å². The van der Waals surface area contributed by atoms with Gasteiger partial charge in [-0.1, -0.05) is 12.1 Å². The average Bonchev–Trinajstić information content (AvgIpc) is 3.07. The van der Waals surface area contributed by atoms with E-state index in [1.165, 1.54) is 0 Å². The number of rotatable bonds is 5. The number of aliphatic imine (C=N–C) groups is 1. The molecule has 2 N–H and O–H groups in total. The van der Waals surface area contributed by atoms with Crippen molar-refractivity contribution in [3.63, 3.8) is 0 Å². The molecule has 0 spiro atoms. The van der Waals surface area contributed by atoms with Gasteiger partial charge in [-0.3, -0.25) is 4.90 Å². The maximum atomic E-state index is 4.83. The lowest BCUT2D eigenvalue weighted by atomic mass is 10.1. The van der Waals surface area contributed by atoms with Gasteiger partial charge in [0, 0.05) is 37.8 Å². The van der Waals surface area contributed by atoms with Crippen LogP contribution in [0.5, 0.6) is 0 Å². The van der Waals surface area contributed by atoms with E-state index in [9.17, 15) is 0 Å². The number of hydrogen-bond acceptors (Lipinski definition) is 4. The van der Waals surface area contributed by atoms with Crippen LogP contribution in [0.2, 0.25) is 0 Å². The third kappa shape index (κ3) is 4.46. The number of likely N-dealkylation sites (tertiary alicyclic amines) is 1. The Morgan fingerprint density at radius 2 is 2.33 bits per heavy atom. The van der Waals surface area contributed by atoms with Crippen LogP contribution in [0.15, 0.2) is 21.8 Å². The molecule has 1 saturated heterocycles. The van der Waals surface area contributed by atoms with E-state index in [2.05, 4.69) is 53.4 Å². The average molecular weight is 293 g/mol. The van der Waals surface area contributed by atoms with E-state index in [-0.39, 0.29) is 0 Å². The summed E-state index contributed by atoms with van der Waals surface area (Å²) in [6, 6.07) is 2.86. The predicted molar refractivity (Wildman–Crippen MR) is 84.1 cm³/mol. The van der Waals surface area contributed by atoms with Crippen molar-refractivity contribution in [3.8, 4) is 0 Å². The lowest BCUT2D eigenvalue weighted by Crippen LogP contribution is -2.46. The largest absolute Gasteiger partial charge is 0.364 e.